The molecule has 0 bridgehead atoms. The van der Waals surface area contributed by atoms with Gasteiger partial charge in [0.2, 0.25) is 10.0 Å². The number of nitrogens with zero attached hydrogens (tertiary/aromatic N) is 1. The van der Waals surface area contributed by atoms with Crippen molar-refractivity contribution in [3.8, 4) is 0 Å². The normalized spacial score (nSPS) is 12.1. The maximum Gasteiger partial charge on any atom is 0.244 e. The topological polar surface area (TPSA) is 50.5 Å². The molecule has 0 aliphatic carbocycles. The van der Waals surface area contributed by atoms with E-state index in [1.807, 2.05) is 0 Å². The first kappa shape index (κ1) is 15.4. The van der Waals surface area contributed by atoms with Crippen LogP contribution in [0.5, 0.6) is 0 Å². The zero-order valence-corrected chi connectivity index (χ0v) is 13.3. The summed E-state index contributed by atoms with van der Waals surface area (Å²) in [5.74, 6) is 0.554. The number of benzene rings is 1. The average Bonchev–Trinajstić information content (AvgIpc) is 2.86. The molecule has 1 heterocycles. The maximum atomic E-state index is 12.5. The molecule has 0 N–H and O–H groups in total. The molecule has 1 aromatic heterocycles. The van der Waals surface area contributed by atoms with Crippen LogP contribution < -0.4 is 0 Å². The summed E-state index contributed by atoms with van der Waals surface area (Å²) in [7, 11) is -2.23. The Morgan fingerprint density at radius 2 is 1.95 bits per heavy atom. The van der Waals surface area contributed by atoms with Crippen LogP contribution in [0.1, 0.15) is 11.3 Å². The largest absolute Gasteiger partial charge is 0.468 e. The fourth-order valence-corrected chi connectivity index (χ4v) is 3.64. The van der Waals surface area contributed by atoms with E-state index in [9.17, 15) is 8.42 Å². The minimum Gasteiger partial charge on any atom is -0.468 e. The van der Waals surface area contributed by atoms with Crippen LogP contribution in [0.25, 0.3) is 0 Å². The van der Waals surface area contributed by atoms with Crippen molar-refractivity contribution in [2.45, 2.75) is 18.4 Å². The van der Waals surface area contributed by atoms with Gasteiger partial charge in [-0.3, -0.25) is 0 Å². The summed E-state index contributed by atoms with van der Waals surface area (Å²) in [4.78, 5) is 0.0372. The molecule has 4 nitrogen and oxygen atoms in total. The van der Waals surface area contributed by atoms with Gasteiger partial charge in [-0.05, 0) is 36.8 Å². The van der Waals surface area contributed by atoms with E-state index in [0.29, 0.717) is 16.3 Å². The first-order valence-corrected chi connectivity index (χ1v) is 7.96. The van der Waals surface area contributed by atoms with Gasteiger partial charge in [0.15, 0.2) is 0 Å². The SMILES string of the molecule is Cc1cc(S(=O)(=O)N(C)Cc2ccco2)c(Cl)cc1Cl. The summed E-state index contributed by atoms with van der Waals surface area (Å²) in [5, 5.41) is 0.537. The molecule has 7 heteroatoms. The Kier molecular flexibility index (Phi) is 4.44. The van der Waals surface area contributed by atoms with E-state index < -0.39 is 10.0 Å². The molecule has 0 aliphatic rings. The van der Waals surface area contributed by atoms with Crippen molar-refractivity contribution in [1.82, 2.24) is 4.31 Å². The van der Waals surface area contributed by atoms with E-state index in [1.165, 1.54) is 29.7 Å². The molecule has 0 amide bonds. The van der Waals surface area contributed by atoms with Crippen LogP contribution in [0.3, 0.4) is 0 Å². The van der Waals surface area contributed by atoms with Gasteiger partial charge in [-0.15, -0.1) is 0 Å². The molecule has 0 aliphatic heterocycles. The van der Waals surface area contributed by atoms with Gasteiger partial charge >= 0.3 is 0 Å². The van der Waals surface area contributed by atoms with Gasteiger partial charge in [0, 0.05) is 12.1 Å². The Morgan fingerprint density at radius 1 is 1.25 bits per heavy atom. The molecule has 0 spiro atoms. The number of halogens is 2. The molecule has 0 unspecified atom stereocenters. The minimum atomic E-state index is -3.70. The van der Waals surface area contributed by atoms with Crippen molar-refractivity contribution in [2.24, 2.45) is 0 Å². The van der Waals surface area contributed by atoms with Crippen molar-refractivity contribution >= 4 is 33.2 Å². The van der Waals surface area contributed by atoms with Gasteiger partial charge in [0.25, 0.3) is 0 Å². The maximum absolute atomic E-state index is 12.5. The third-order valence-corrected chi connectivity index (χ3v) is 5.54. The molecule has 20 heavy (non-hydrogen) atoms. The predicted octanol–water partition coefficient (Wildman–Crippen LogP) is 3.72. The lowest BCUT2D eigenvalue weighted by Gasteiger charge is -2.17. The number of rotatable bonds is 4. The first-order valence-electron chi connectivity index (χ1n) is 5.76. The van der Waals surface area contributed by atoms with Gasteiger partial charge in [-0.1, -0.05) is 23.2 Å². The minimum absolute atomic E-state index is 0.0372. The zero-order chi connectivity index (χ0) is 14.9. The van der Waals surface area contributed by atoms with Crippen molar-refractivity contribution in [3.05, 3.63) is 51.9 Å². The van der Waals surface area contributed by atoms with E-state index in [2.05, 4.69) is 0 Å². The molecule has 2 aromatic rings. The highest BCUT2D eigenvalue weighted by Gasteiger charge is 2.25. The molecule has 0 fully saturated rings. The third kappa shape index (κ3) is 3.01. The number of hydrogen-bond acceptors (Lipinski definition) is 3. The van der Waals surface area contributed by atoms with E-state index in [4.69, 9.17) is 27.6 Å². The summed E-state index contributed by atoms with van der Waals surface area (Å²) >= 11 is 11.9. The molecule has 2 rings (SSSR count). The van der Waals surface area contributed by atoms with Crippen molar-refractivity contribution in [2.75, 3.05) is 7.05 Å². The number of hydrogen-bond donors (Lipinski definition) is 0. The van der Waals surface area contributed by atoms with Crippen LogP contribution in [0.2, 0.25) is 10.0 Å². The van der Waals surface area contributed by atoms with Crippen LogP contribution in [-0.4, -0.2) is 19.8 Å². The fourth-order valence-electron chi connectivity index (χ4n) is 1.70. The summed E-state index contributed by atoms with van der Waals surface area (Å²) in [6, 6.07) is 6.32. The number of furan rings is 1. The van der Waals surface area contributed by atoms with Crippen LogP contribution >= 0.6 is 23.2 Å². The van der Waals surface area contributed by atoms with Gasteiger partial charge in [0.1, 0.15) is 10.7 Å². The highest BCUT2D eigenvalue weighted by atomic mass is 35.5. The quantitative estimate of drug-likeness (QED) is 0.856. The van der Waals surface area contributed by atoms with Gasteiger partial charge in [-0.2, -0.15) is 4.31 Å². The fraction of sp³-hybridized carbons (Fsp3) is 0.231. The first-order chi connectivity index (χ1) is 9.32. The van der Waals surface area contributed by atoms with Crippen LogP contribution in [0.15, 0.2) is 39.8 Å². The average molecular weight is 334 g/mol. The van der Waals surface area contributed by atoms with Gasteiger partial charge in [0.05, 0.1) is 17.8 Å². The standard InChI is InChI=1S/C13H13Cl2NO3S/c1-9-6-13(12(15)7-11(9)14)20(17,18)16(2)8-10-4-3-5-19-10/h3-7H,8H2,1-2H3. The smallest absolute Gasteiger partial charge is 0.244 e. The third-order valence-electron chi connectivity index (χ3n) is 2.86. The van der Waals surface area contributed by atoms with Crippen LogP contribution in [0, 0.1) is 6.92 Å². The molecule has 0 saturated heterocycles. The van der Waals surface area contributed by atoms with Crippen LogP contribution in [-0.2, 0) is 16.6 Å². The Bertz CT molecular complexity index is 711. The molecule has 0 saturated carbocycles. The van der Waals surface area contributed by atoms with E-state index in [-0.39, 0.29) is 16.5 Å². The lowest BCUT2D eigenvalue weighted by atomic mass is 10.2. The Balaban J connectivity index is 2.37. The van der Waals surface area contributed by atoms with Crippen molar-refractivity contribution < 1.29 is 12.8 Å². The summed E-state index contributed by atoms with van der Waals surface area (Å²) in [5.41, 5.74) is 0.654. The second-order valence-electron chi connectivity index (χ2n) is 4.37. The summed E-state index contributed by atoms with van der Waals surface area (Å²) in [6.45, 7) is 1.86. The summed E-state index contributed by atoms with van der Waals surface area (Å²) < 4.78 is 31.3. The second-order valence-corrected chi connectivity index (χ2v) is 7.20. The highest BCUT2D eigenvalue weighted by Crippen LogP contribution is 2.30. The molecule has 0 atom stereocenters. The molecule has 1 aromatic carbocycles. The highest BCUT2D eigenvalue weighted by molar-refractivity contribution is 7.89. The van der Waals surface area contributed by atoms with E-state index in [0.717, 1.165) is 0 Å². The number of sulfonamides is 1. The Hall–Kier alpha value is -1.01. The number of aryl methyl sites for hydroxylation is 1. The van der Waals surface area contributed by atoms with Gasteiger partial charge in [-0.25, -0.2) is 8.42 Å². The molecular formula is C13H13Cl2NO3S. The van der Waals surface area contributed by atoms with E-state index in [1.54, 1.807) is 19.1 Å². The molecule has 0 radical (unpaired) electrons. The predicted molar refractivity (Wildman–Crippen MR) is 78.6 cm³/mol. The lowest BCUT2D eigenvalue weighted by molar-refractivity contribution is 0.406. The lowest BCUT2D eigenvalue weighted by Crippen LogP contribution is -2.26. The molecular weight excluding hydrogens is 321 g/mol. The van der Waals surface area contributed by atoms with Gasteiger partial charge < -0.3 is 4.42 Å². The second kappa shape index (κ2) is 5.77. The van der Waals surface area contributed by atoms with Crippen molar-refractivity contribution in [1.29, 1.82) is 0 Å². The Morgan fingerprint density at radius 3 is 2.55 bits per heavy atom. The van der Waals surface area contributed by atoms with E-state index >= 15 is 0 Å². The Labute approximate surface area is 128 Å². The zero-order valence-electron chi connectivity index (χ0n) is 10.9. The monoisotopic (exact) mass is 333 g/mol. The van der Waals surface area contributed by atoms with Crippen molar-refractivity contribution in [3.63, 3.8) is 0 Å². The summed E-state index contributed by atoms with van der Waals surface area (Å²) in [6.07, 6.45) is 1.50. The molecule has 108 valence electrons. The van der Waals surface area contributed by atoms with Crippen LogP contribution in [0.4, 0.5) is 0 Å².